The van der Waals surface area contributed by atoms with Gasteiger partial charge in [-0.2, -0.15) is 0 Å². The SMILES string of the molecule is Cc1cc(=O)[nH]c(CN[C@H](c2ccc(F)cc2)C(C)C)n1. The summed E-state index contributed by atoms with van der Waals surface area (Å²) in [5.74, 6) is 0.686. The van der Waals surface area contributed by atoms with Gasteiger partial charge in [-0.25, -0.2) is 9.37 Å². The van der Waals surface area contributed by atoms with E-state index < -0.39 is 0 Å². The van der Waals surface area contributed by atoms with Crippen LogP contribution in [-0.4, -0.2) is 9.97 Å². The first kappa shape index (κ1) is 15.4. The largest absolute Gasteiger partial charge is 0.309 e. The zero-order chi connectivity index (χ0) is 15.4. The highest BCUT2D eigenvalue weighted by Crippen LogP contribution is 2.22. The number of benzene rings is 1. The molecule has 0 aliphatic rings. The number of aromatic amines is 1. The van der Waals surface area contributed by atoms with E-state index in [1.165, 1.54) is 18.2 Å². The molecular weight excluding hydrogens is 269 g/mol. The van der Waals surface area contributed by atoms with Crippen molar-refractivity contribution in [2.75, 3.05) is 0 Å². The summed E-state index contributed by atoms with van der Waals surface area (Å²) in [6, 6.07) is 8.00. The summed E-state index contributed by atoms with van der Waals surface area (Å²) in [6.45, 7) is 6.43. The Morgan fingerprint density at radius 1 is 1.29 bits per heavy atom. The molecule has 0 spiro atoms. The number of aromatic nitrogens is 2. The minimum atomic E-state index is -0.245. The first-order valence-electron chi connectivity index (χ1n) is 7.01. The fourth-order valence-corrected chi connectivity index (χ4v) is 2.34. The van der Waals surface area contributed by atoms with Crippen molar-refractivity contribution >= 4 is 0 Å². The monoisotopic (exact) mass is 289 g/mol. The van der Waals surface area contributed by atoms with Gasteiger partial charge < -0.3 is 10.3 Å². The van der Waals surface area contributed by atoms with Gasteiger partial charge in [-0.05, 0) is 30.5 Å². The molecule has 1 heterocycles. The second-order valence-electron chi connectivity index (χ2n) is 5.49. The molecule has 0 saturated heterocycles. The average molecular weight is 289 g/mol. The molecule has 0 saturated carbocycles. The molecule has 21 heavy (non-hydrogen) atoms. The first-order chi connectivity index (χ1) is 9.95. The lowest BCUT2D eigenvalue weighted by molar-refractivity contribution is 0.405. The van der Waals surface area contributed by atoms with E-state index in [2.05, 4.69) is 29.1 Å². The van der Waals surface area contributed by atoms with Crippen LogP contribution in [-0.2, 0) is 6.54 Å². The van der Waals surface area contributed by atoms with E-state index >= 15 is 0 Å². The van der Waals surface area contributed by atoms with Crippen molar-refractivity contribution in [1.29, 1.82) is 0 Å². The Bertz CT molecular complexity index is 649. The van der Waals surface area contributed by atoms with Crippen LogP contribution >= 0.6 is 0 Å². The number of nitrogens with one attached hydrogen (secondary N) is 2. The molecule has 2 aromatic rings. The van der Waals surface area contributed by atoms with E-state index in [0.717, 1.165) is 5.56 Å². The predicted molar refractivity (Wildman–Crippen MR) is 80.4 cm³/mol. The lowest BCUT2D eigenvalue weighted by atomic mass is 9.96. The highest BCUT2D eigenvalue weighted by molar-refractivity contribution is 5.20. The average Bonchev–Trinajstić information content (AvgIpc) is 2.39. The van der Waals surface area contributed by atoms with E-state index in [-0.39, 0.29) is 17.4 Å². The quantitative estimate of drug-likeness (QED) is 0.889. The Morgan fingerprint density at radius 3 is 2.52 bits per heavy atom. The fraction of sp³-hybridized carbons (Fsp3) is 0.375. The molecule has 2 N–H and O–H groups in total. The molecule has 1 aromatic carbocycles. The molecule has 5 heteroatoms. The van der Waals surface area contributed by atoms with E-state index in [9.17, 15) is 9.18 Å². The summed E-state index contributed by atoms with van der Waals surface area (Å²) in [5.41, 5.74) is 1.56. The number of aryl methyl sites for hydroxylation is 1. The van der Waals surface area contributed by atoms with Gasteiger partial charge in [0.05, 0.1) is 6.54 Å². The minimum Gasteiger partial charge on any atom is -0.309 e. The maximum Gasteiger partial charge on any atom is 0.251 e. The Balaban J connectivity index is 2.13. The smallest absolute Gasteiger partial charge is 0.251 e. The van der Waals surface area contributed by atoms with E-state index in [1.807, 2.05) is 0 Å². The first-order valence-corrected chi connectivity index (χ1v) is 7.01. The van der Waals surface area contributed by atoms with Crippen LogP contribution < -0.4 is 10.9 Å². The van der Waals surface area contributed by atoms with E-state index in [1.54, 1.807) is 19.1 Å². The molecule has 0 aliphatic carbocycles. The van der Waals surface area contributed by atoms with Gasteiger partial charge in [-0.1, -0.05) is 26.0 Å². The van der Waals surface area contributed by atoms with Gasteiger partial charge in [0.25, 0.3) is 5.56 Å². The molecule has 0 bridgehead atoms. The van der Waals surface area contributed by atoms with Crippen LogP contribution in [0.2, 0.25) is 0 Å². The van der Waals surface area contributed by atoms with Crippen molar-refractivity contribution in [3.05, 3.63) is 63.6 Å². The molecule has 0 radical (unpaired) electrons. The number of hydrogen-bond donors (Lipinski definition) is 2. The fourth-order valence-electron chi connectivity index (χ4n) is 2.34. The maximum absolute atomic E-state index is 13.0. The molecule has 1 atom stereocenters. The molecule has 2 rings (SSSR count). The lowest BCUT2D eigenvalue weighted by Crippen LogP contribution is -2.27. The van der Waals surface area contributed by atoms with E-state index in [0.29, 0.717) is 24.0 Å². The number of hydrogen-bond acceptors (Lipinski definition) is 3. The maximum atomic E-state index is 13.0. The molecule has 0 amide bonds. The van der Waals surface area contributed by atoms with Crippen LogP contribution in [0.1, 0.15) is 37.0 Å². The van der Waals surface area contributed by atoms with Crippen LogP contribution in [0.15, 0.2) is 35.1 Å². The topological polar surface area (TPSA) is 57.8 Å². The molecule has 4 nitrogen and oxygen atoms in total. The number of H-pyrrole nitrogens is 1. The standard InChI is InChI=1S/C16H20FN3O/c1-10(2)16(12-4-6-13(17)7-5-12)18-9-14-19-11(3)8-15(21)20-14/h4-8,10,16,18H,9H2,1-3H3,(H,19,20,21)/t16-/m0/s1. The molecular formula is C16H20FN3O. The van der Waals surface area contributed by atoms with Gasteiger partial charge in [-0.3, -0.25) is 4.79 Å². The molecule has 1 aromatic heterocycles. The summed E-state index contributed by atoms with van der Waals surface area (Å²) < 4.78 is 13.0. The summed E-state index contributed by atoms with van der Waals surface area (Å²) in [5, 5.41) is 3.37. The van der Waals surface area contributed by atoms with Gasteiger partial charge in [0.15, 0.2) is 0 Å². The highest BCUT2D eigenvalue weighted by atomic mass is 19.1. The van der Waals surface area contributed by atoms with Gasteiger partial charge in [-0.15, -0.1) is 0 Å². The Kier molecular flexibility index (Phi) is 4.85. The van der Waals surface area contributed by atoms with Gasteiger partial charge in [0, 0.05) is 17.8 Å². The second-order valence-corrected chi connectivity index (χ2v) is 5.49. The zero-order valence-electron chi connectivity index (χ0n) is 12.5. The molecule has 112 valence electrons. The molecule has 0 unspecified atom stereocenters. The third-order valence-corrected chi connectivity index (χ3v) is 3.30. The van der Waals surface area contributed by atoms with Crippen molar-refractivity contribution < 1.29 is 4.39 Å². The van der Waals surface area contributed by atoms with Crippen LogP contribution in [0.25, 0.3) is 0 Å². The third kappa shape index (κ3) is 4.23. The summed E-state index contributed by atoms with van der Waals surface area (Å²) in [7, 11) is 0. The van der Waals surface area contributed by atoms with Gasteiger partial charge in [0.2, 0.25) is 0 Å². The third-order valence-electron chi connectivity index (χ3n) is 3.30. The summed E-state index contributed by atoms with van der Waals surface area (Å²) in [6.07, 6.45) is 0. The highest BCUT2D eigenvalue weighted by Gasteiger charge is 2.15. The predicted octanol–water partition coefficient (Wildman–Crippen LogP) is 2.70. The van der Waals surface area contributed by atoms with Gasteiger partial charge >= 0.3 is 0 Å². The number of halogens is 1. The zero-order valence-corrected chi connectivity index (χ0v) is 12.5. The van der Waals surface area contributed by atoms with Crippen molar-refractivity contribution in [2.24, 2.45) is 5.92 Å². The lowest BCUT2D eigenvalue weighted by Gasteiger charge is -2.22. The Labute approximate surface area is 123 Å². The van der Waals surface area contributed by atoms with Crippen molar-refractivity contribution in [3.63, 3.8) is 0 Å². The van der Waals surface area contributed by atoms with Crippen molar-refractivity contribution in [3.8, 4) is 0 Å². The van der Waals surface area contributed by atoms with Crippen LogP contribution in [0.5, 0.6) is 0 Å². The second kappa shape index (κ2) is 6.63. The van der Waals surface area contributed by atoms with Crippen LogP contribution in [0.4, 0.5) is 4.39 Å². The molecule has 0 aliphatic heterocycles. The Morgan fingerprint density at radius 2 is 1.95 bits per heavy atom. The summed E-state index contributed by atoms with van der Waals surface area (Å²) >= 11 is 0. The van der Waals surface area contributed by atoms with Crippen LogP contribution in [0.3, 0.4) is 0 Å². The number of rotatable bonds is 5. The van der Waals surface area contributed by atoms with E-state index in [4.69, 9.17) is 0 Å². The van der Waals surface area contributed by atoms with Crippen molar-refractivity contribution in [2.45, 2.75) is 33.4 Å². The van der Waals surface area contributed by atoms with Gasteiger partial charge in [0.1, 0.15) is 11.6 Å². The number of nitrogens with zero attached hydrogens (tertiary/aromatic N) is 1. The Hall–Kier alpha value is -2.01. The molecule has 0 fully saturated rings. The minimum absolute atomic E-state index is 0.0661. The normalized spacial score (nSPS) is 12.6. The van der Waals surface area contributed by atoms with Crippen molar-refractivity contribution in [1.82, 2.24) is 15.3 Å². The summed E-state index contributed by atoms with van der Waals surface area (Å²) in [4.78, 5) is 18.4. The van der Waals surface area contributed by atoms with Crippen LogP contribution in [0, 0.1) is 18.7 Å².